The number of fused-ring (bicyclic) bond motifs is 1. The van der Waals surface area contributed by atoms with Gasteiger partial charge in [0.25, 0.3) is 5.92 Å². The molecule has 0 spiro atoms. The minimum Gasteiger partial charge on any atom is -0.478 e. The zero-order valence-electron chi connectivity index (χ0n) is 20.0. The number of imidazole rings is 1. The molecule has 38 heavy (non-hydrogen) atoms. The van der Waals surface area contributed by atoms with E-state index in [1.165, 1.54) is 29.2 Å². The number of benzene rings is 3. The monoisotopic (exact) mass is 533 g/mol. The number of carboxylic acid groups (broad SMARTS) is 1. The van der Waals surface area contributed by atoms with Crippen LogP contribution < -0.4 is 0 Å². The largest absolute Gasteiger partial charge is 0.478 e. The summed E-state index contributed by atoms with van der Waals surface area (Å²) in [4.78, 5) is 20.0. The molecule has 5 rings (SSSR count). The molecule has 5 nitrogen and oxygen atoms in total. The lowest BCUT2D eigenvalue weighted by molar-refractivity contribution is -0.0660. The van der Waals surface area contributed by atoms with Gasteiger partial charge in [-0.15, -0.1) is 0 Å². The Hall–Kier alpha value is -3.86. The minimum absolute atomic E-state index is 0.0225. The summed E-state index contributed by atoms with van der Waals surface area (Å²) in [5.41, 5.74) is -2.67. The number of H-pyrrole nitrogens is 1. The lowest BCUT2D eigenvalue weighted by Crippen LogP contribution is -2.42. The lowest BCUT2D eigenvalue weighted by atomic mass is 9.93. The zero-order valence-corrected chi connectivity index (χ0v) is 20.0. The first-order valence-corrected chi connectivity index (χ1v) is 11.8. The average Bonchev–Trinajstić information content (AvgIpc) is 3.23. The van der Waals surface area contributed by atoms with Gasteiger partial charge in [-0.05, 0) is 48.7 Å². The zero-order chi connectivity index (χ0) is 27.4. The lowest BCUT2D eigenvalue weighted by Gasteiger charge is -2.32. The summed E-state index contributed by atoms with van der Waals surface area (Å²) < 4.78 is 89.6. The average molecular weight is 533 g/mol. The number of aromatic carboxylic acids is 1. The maximum atomic E-state index is 15.5. The first kappa shape index (κ1) is 25.8. The van der Waals surface area contributed by atoms with Crippen LogP contribution in [0, 0.1) is 30.2 Å². The van der Waals surface area contributed by atoms with Crippen molar-refractivity contribution in [1.29, 1.82) is 0 Å². The van der Waals surface area contributed by atoms with Crippen LogP contribution in [0.25, 0.3) is 33.3 Å². The Kier molecular flexibility index (Phi) is 6.42. The number of carbonyl (C=O) groups is 1. The molecule has 0 radical (unpaired) electrons. The molecule has 3 aromatic carbocycles. The normalized spacial score (nSPS) is 15.8. The fourth-order valence-corrected chi connectivity index (χ4v) is 4.99. The fourth-order valence-electron chi connectivity index (χ4n) is 4.99. The number of aromatic amines is 1. The van der Waals surface area contributed by atoms with Crippen molar-refractivity contribution in [2.75, 3.05) is 13.1 Å². The molecule has 1 aliphatic rings. The van der Waals surface area contributed by atoms with Crippen LogP contribution in [0.1, 0.15) is 34.6 Å². The number of rotatable bonds is 5. The van der Waals surface area contributed by atoms with Gasteiger partial charge in [0.1, 0.15) is 11.3 Å². The van der Waals surface area contributed by atoms with E-state index in [0.29, 0.717) is 12.4 Å². The Balaban J connectivity index is 1.64. The van der Waals surface area contributed by atoms with E-state index in [1.54, 1.807) is 6.92 Å². The van der Waals surface area contributed by atoms with Crippen LogP contribution in [-0.4, -0.2) is 45.0 Å². The van der Waals surface area contributed by atoms with Gasteiger partial charge in [0.2, 0.25) is 0 Å². The topological polar surface area (TPSA) is 69.2 Å². The highest BCUT2D eigenvalue weighted by molar-refractivity contribution is 6.03. The number of aryl methyl sites for hydroxylation is 1. The summed E-state index contributed by atoms with van der Waals surface area (Å²) >= 11 is 0. The third-order valence-corrected chi connectivity index (χ3v) is 6.64. The Bertz CT molecular complexity index is 1550. The van der Waals surface area contributed by atoms with Gasteiger partial charge < -0.3 is 10.1 Å². The second kappa shape index (κ2) is 9.46. The molecule has 2 heterocycles. The molecular weight excluding hydrogens is 512 g/mol. The quantitative estimate of drug-likeness (QED) is 0.222. The number of nitrogens with one attached hydrogen (secondary N) is 1. The van der Waals surface area contributed by atoms with E-state index in [2.05, 4.69) is 9.97 Å². The van der Waals surface area contributed by atoms with Crippen LogP contribution in [0.4, 0.5) is 26.3 Å². The SMILES string of the molecule is Cc1nc2c(C(=O)O)cc(-c3c(F)c(F)c(-c4ccccc4CN4CCCC(F)(F)C4)c(F)c3F)cc2[nH]1. The number of carboxylic acids is 1. The van der Waals surface area contributed by atoms with Crippen LogP contribution in [0.3, 0.4) is 0 Å². The molecule has 0 saturated carbocycles. The predicted molar refractivity (Wildman–Crippen MR) is 128 cm³/mol. The van der Waals surface area contributed by atoms with Crippen LogP contribution in [-0.2, 0) is 6.54 Å². The Labute approximate surface area is 212 Å². The van der Waals surface area contributed by atoms with Crippen molar-refractivity contribution in [2.45, 2.75) is 32.2 Å². The molecule has 1 aromatic heterocycles. The molecule has 0 amide bonds. The number of halogens is 6. The van der Waals surface area contributed by atoms with Gasteiger partial charge in [-0.2, -0.15) is 0 Å². The van der Waals surface area contributed by atoms with Crippen molar-refractivity contribution in [2.24, 2.45) is 0 Å². The molecular formula is C27H21F6N3O2. The van der Waals surface area contributed by atoms with Crippen molar-refractivity contribution in [3.63, 3.8) is 0 Å². The number of likely N-dealkylation sites (tertiary alicyclic amines) is 1. The van der Waals surface area contributed by atoms with E-state index in [-0.39, 0.29) is 41.5 Å². The molecule has 1 fully saturated rings. The minimum atomic E-state index is -2.91. The Morgan fingerprint density at radius 3 is 2.37 bits per heavy atom. The summed E-state index contributed by atoms with van der Waals surface area (Å²) in [5, 5.41) is 9.56. The van der Waals surface area contributed by atoms with Crippen molar-refractivity contribution in [1.82, 2.24) is 14.9 Å². The molecule has 0 atom stereocenters. The van der Waals surface area contributed by atoms with Crippen molar-refractivity contribution >= 4 is 17.0 Å². The van der Waals surface area contributed by atoms with Crippen LogP contribution in [0.2, 0.25) is 0 Å². The van der Waals surface area contributed by atoms with Gasteiger partial charge in [0.05, 0.1) is 28.8 Å². The molecule has 198 valence electrons. The van der Waals surface area contributed by atoms with Gasteiger partial charge in [0, 0.05) is 13.0 Å². The molecule has 0 unspecified atom stereocenters. The highest BCUT2D eigenvalue weighted by Crippen LogP contribution is 2.40. The summed E-state index contributed by atoms with van der Waals surface area (Å²) in [6.07, 6.45) is -0.0336. The van der Waals surface area contributed by atoms with Gasteiger partial charge in [-0.3, -0.25) is 4.90 Å². The van der Waals surface area contributed by atoms with E-state index in [0.717, 1.165) is 12.1 Å². The highest BCUT2D eigenvalue weighted by Gasteiger charge is 2.35. The maximum Gasteiger partial charge on any atom is 0.337 e. The third-order valence-electron chi connectivity index (χ3n) is 6.64. The first-order chi connectivity index (χ1) is 18.0. The second-order valence-electron chi connectivity index (χ2n) is 9.38. The van der Waals surface area contributed by atoms with Crippen molar-refractivity contribution in [3.8, 4) is 22.3 Å². The number of hydrogen-bond acceptors (Lipinski definition) is 3. The molecule has 1 saturated heterocycles. The van der Waals surface area contributed by atoms with E-state index < -0.39 is 64.0 Å². The van der Waals surface area contributed by atoms with E-state index >= 15 is 17.6 Å². The van der Waals surface area contributed by atoms with Crippen LogP contribution >= 0.6 is 0 Å². The number of piperidine rings is 1. The molecule has 1 aliphatic heterocycles. The van der Waals surface area contributed by atoms with E-state index in [4.69, 9.17) is 0 Å². The molecule has 2 N–H and O–H groups in total. The Morgan fingerprint density at radius 2 is 1.71 bits per heavy atom. The maximum absolute atomic E-state index is 15.5. The summed E-state index contributed by atoms with van der Waals surface area (Å²) in [6, 6.07) is 7.73. The fraction of sp³-hybridized carbons (Fsp3) is 0.259. The molecule has 11 heteroatoms. The van der Waals surface area contributed by atoms with Gasteiger partial charge in [-0.1, -0.05) is 24.3 Å². The molecule has 4 aromatic rings. The first-order valence-electron chi connectivity index (χ1n) is 11.8. The smallest absolute Gasteiger partial charge is 0.337 e. The number of aromatic nitrogens is 2. The van der Waals surface area contributed by atoms with Gasteiger partial charge >= 0.3 is 5.97 Å². The third kappa shape index (κ3) is 4.51. The van der Waals surface area contributed by atoms with E-state index in [1.807, 2.05) is 0 Å². The van der Waals surface area contributed by atoms with Gasteiger partial charge in [0.15, 0.2) is 23.3 Å². The second-order valence-corrected chi connectivity index (χ2v) is 9.38. The standard InChI is InChI=1S/C27H21F6N3O2/c1-13-34-18-10-15(9-17(26(37)38)25(18)35-13)19-21(28)23(30)20(24(31)22(19)29)16-6-3-2-5-14(16)11-36-8-4-7-27(32,33)12-36/h2-3,5-6,9-10H,4,7-8,11-12H2,1H3,(H,34,35)(H,37,38). The van der Waals surface area contributed by atoms with Gasteiger partial charge in [-0.25, -0.2) is 36.1 Å². The number of nitrogens with zero attached hydrogens (tertiary/aromatic N) is 2. The number of alkyl halides is 2. The number of hydrogen-bond donors (Lipinski definition) is 2. The molecule has 0 bridgehead atoms. The van der Waals surface area contributed by atoms with Crippen LogP contribution in [0.5, 0.6) is 0 Å². The summed E-state index contributed by atoms with van der Waals surface area (Å²) in [6.45, 7) is 1.23. The predicted octanol–water partition coefficient (Wildman–Crippen LogP) is 6.69. The highest BCUT2D eigenvalue weighted by atomic mass is 19.3. The van der Waals surface area contributed by atoms with E-state index in [9.17, 15) is 18.7 Å². The van der Waals surface area contributed by atoms with Crippen LogP contribution in [0.15, 0.2) is 36.4 Å². The Morgan fingerprint density at radius 1 is 1.05 bits per heavy atom. The molecule has 0 aliphatic carbocycles. The summed E-state index contributed by atoms with van der Waals surface area (Å²) in [5.74, 6) is -10.8. The van der Waals surface area contributed by atoms with Crippen molar-refractivity contribution in [3.05, 3.63) is 76.6 Å². The van der Waals surface area contributed by atoms with Crippen molar-refractivity contribution < 1.29 is 36.2 Å². The summed E-state index contributed by atoms with van der Waals surface area (Å²) in [7, 11) is 0.